The van der Waals surface area contributed by atoms with Gasteiger partial charge in [-0.15, -0.1) is 0 Å². The summed E-state index contributed by atoms with van der Waals surface area (Å²) in [5.41, 5.74) is 0.838. The molecule has 0 saturated heterocycles. The number of aromatic nitrogens is 2. The van der Waals surface area contributed by atoms with E-state index in [9.17, 15) is 0 Å². The summed E-state index contributed by atoms with van der Waals surface area (Å²) in [7, 11) is 1.61. The number of nitrogens with zero attached hydrogens (tertiary/aromatic N) is 3. The molecule has 1 aromatic heterocycles. The Hall–Kier alpha value is -2.36. The van der Waals surface area contributed by atoms with Gasteiger partial charge >= 0.3 is 29.0 Å². The zero-order chi connectivity index (χ0) is 14.3. The van der Waals surface area contributed by atoms with Gasteiger partial charge in [-0.05, 0) is 6.08 Å². The van der Waals surface area contributed by atoms with Crippen LogP contribution in [0.25, 0.3) is 11.0 Å². The van der Waals surface area contributed by atoms with Gasteiger partial charge in [0.1, 0.15) is 6.01 Å². The normalized spacial score (nSPS) is 11.4. The molecule has 0 saturated carbocycles. The van der Waals surface area contributed by atoms with Crippen LogP contribution < -0.4 is 5.32 Å². The number of aliphatic carboxylic acids is 2. The fourth-order valence-corrected chi connectivity index (χ4v) is 1.02. The molecule has 0 atom stereocenters. The molecule has 6 N–H and O–H groups in total. The van der Waals surface area contributed by atoms with Gasteiger partial charge in [0.25, 0.3) is 0 Å². The Morgan fingerprint density at radius 2 is 1.95 bits per heavy atom. The van der Waals surface area contributed by atoms with Crippen LogP contribution in [-0.4, -0.2) is 45.9 Å². The van der Waals surface area contributed by atoms with Gasteiger partial charge < -0.3 is 35.8 Å². The summed E-state index contributed by atoms with van der Waals surface area (Å²) in [6.45, 7) is 0.785. The van der Waals surface area contributed by atoms with Crippen molar-refractivity contribution in [3.63, 3.8) is 0 Å². The monoisotopic (exact) mass is 349 g/mol. The van der Waals surface area contributed by atoms with Crippen LogP contribution >= 0.6 is 0 Å². The van der Waals surface area contributed by atoms with Crippen molar-refractivity contribution in [2.24, 2.45) is 0 Å². The van der Waals surface area contributed by atoms with Crippen LogP contribution in [0.3, 0.4) is 0 Å². The van der Waals surface area contributed by atoms with Crippen molar-refractivity contribution in [2.45, 2.75) is 0 Å². The van der Waals surface area contributed by atoms with Gasteiger partial charge in [0.2, 0.25) is 5.89 Å². The predicted molar refractivity (Wildman–Crippen MR) is 68.5 cm³/mol. The Kier molecular flexibility index (Phi) is 10.4. The smallest absolute Gasteiger partial charge is 0.473 e. The Bertz CT molecular complexity index is 515. The van der Waals surface area contributed by atoms with Crippen molar-refractivity contribution >= 4 is 23.7 Å². The molecule has 1 aromatic rings. The summed E-state index contributed by atoms with van der Waals surface area (Å²) in [6.07, 6.45) is 5.83. The Balaban J connectivity index is 0. The third kappa shape index (κ3) is 7.11. The zero-order valence-corrected chi connectivity index (χ0v) is 11.7. The molecular formula is C10H14CuN4O6+. The molecular weight excluding hydrogens is 336 g/mol. The first-order valence-electron chi connectivity index (χ1n) is 5.05. The fraction of sp³-hybridized carbons (Fsp3) is 0.200. The topological polar surface area (TPSA) is 173 Å². The molecule has 21 heavy (non-hydrogen) atoms. The first-order chi connectivity index (χ1) is 9.04. The Labute approximate surface area is 129 Å². The van der Waals surface area contributed by atoms with Crippen LogP contribution in [0.2, 0.25) is 0 Å². The second kappa shape index (κ2) is 10.4. The Morgan fingerprint density at radius 3 is 2.33 bits per heavy atom. The largest absolute Gasteiger partial charge is 1.00 e. The summed E-state index contributed by atoms with van der Waals surface area (Å²) in [5.74, 6) is -3.17. The number of dihydropyridines is 1. The minimum absolute atomic E-state index is 0. The number of allylic oxidation sites excluding steroid dienone is 2. The average Bonchev–Trinajstić information content (AvgIpc) is 2.89. The fourth-order valence-electron chi connectivity index (χ4n) is 1.02. The molecule has 120 valence electrons. The van der Waals surface area contributed by atoms with E-state index in [1.54, 1.807) is 7.05 Å². The summed E-state index contributed by atoms with van der Waals surface area (Å²) in [4.78, 5) is 18.2. The molecule has 0 radical (unpaired) electrons. The van der Waals surface area contributed by atoms with E-state index in [1.807, 2.05) is 18.2 Å². The SMILES string of the molecule is C[N-]c1nnc(C2=CC=CCN2)o1.O=C(O)C(=O)O.[Cu+].[OH3+]. The summed E-state index contributed by atoms with van der Waals surface area (Å²) in [5, 5.41) is 29.2. The summed E-state index contributed by atoms with van der Waals surface area (Å²) < 4.78 is 5.22. The first-order valence-corrected chi connectivity index (χ1v) is 5.05. The van der Waals surface area contributed by atoms with Crippen molar-refractivity contribution < 1.29 is 46.8 Å². The van der Waals surface area contributed by atoms with E-state index in [4.69, 9.17) is 24.2 Å². The quantitative estimate of drug-likeness (QED) is 0.361. The van der Waals surface area contributed by atoms with Crippen molar-refractivity contribution in [1.82, 2.24) is 15.5 Å². The number of hydrogen-bond acceptors (Lipinski definition) is 6. The molecule has 1 aliphatic rings. The number of carbonyl (C=O) groups is 2. The number of carboxylic acid groups (broad SMARTS) is 2. The maximum Gasteiger partial charge on any atom is 1.00 e. The van der Waals surface area contributed by atoms with Gasteiger partial charge in [-0.25, -0.2) is 14.7 Å². The first kappa shape index (κ1) is 20.9. The van der Waals surface area contributed by atoms with Gasteiger partial charge in [-0.2, -0.15) is 0 Å². The predicted octanol–water partition coefficient (Wildman–Crippen LogP) is -0.564. The Morgan fingerprint density at radius 1 is 1.33 bits per heavy atom. The van der Waals surface area contributed by atoms with E-state index in [1.165, 1.54) is 0 Å². The standard InChI is InChI=1S/C8H9N4O.C2H2O4.Cu.H2O/c1-9-8-12-11-7(13-8)6-4-2-3-5-10-6;3-1(4)2(5)6;;/h2-4,10H,5H2,1H3;(H,3,4)(H,5,6);;1H2/q-1;;+1;/p+1. The maximum absolute atomic E-state index is 9.10. The average molecular weight is 350 g/mol. The zero-order valence-electron chi connectivity index (χ0n) is 10.8. The van der Waals surface area contributed by atoms with E-state index >= 15 is 0 Å². The molecule has 11 heteroatoms. The van der Waals surface area contributed by atoms with Gasteiger partial charge in [-0.1, -0.05) is 19.2 Å². The molecule has 0 spiro atoms. The molecule has 2 heterocycles. The van der Waals surface area contributed by atoms with Crippen LogP contribution in [0.5, 0.6) is 0 Å². The number of nitrogens with one attached hydrogen (secondary N) is 1. The second-order valence-electron chi connectivity index (χ2n) is 3.11. The van der Waals surface area contributed by atoms with E-state index in [0.717, 1.165) is 12.2 Å². The molecule has 0 bridgehead atoms. The second-order valence-corrected chi connectivity index (χ2v) is 3.11. The molecule has 1 aliphatic heterocycles. The minimum Gasteiger partial charge on any atom is -0.473 e. The molecule has 0 aliphatic carbocycles. The maximum atomic E-state index is 9.10. The van der Waals surface area contributed by atoms with Crippen LogP contribution in [0, 0.1) is 0 Å². The van der Waals surface area contributed by atoms with Gasteiger partial charge in [-0.3, -0.25) is 0 Å². The van der Waals surface area contributed by atoms with Crippen LogP contribution in [0.1, 0.15) is 5.89 Å². The molecule has 0 amide bonds. The molecule has 0 fully saturated rings. The molecule has 2 rings (SSSR count). The number of rotatable bonds is 2. The van der Waals surface area contributed by atoms with Crippen molar-refractivity contribution in [3.05, 3.63) is 29.4 Å². The van der Waals surface area contributed by atoms with Crippen molar-refractivity contribution in [1.29, 1.82) is 0 Å². The van der Waals surface area contributed by atoms with Crippen LogP contribution in [0.15, 0.2) is 22.6 Å². The number of hydrogen-bond donors (Lipinski definition) is 3. The summed E-state index contributed by atoms with van der Waals surface area (Å²) >= 11 is 0. The van der Waals surface area contributed by atoms with Crippen LogP contribution in [-0.2, 0) is 32.1 Å². The minimum atomic E-state index is -1.82. The third-order valence-electron chi connectivity index (χ3n) is 1.83. The third-order valence-corrected chi connectivity index (χ3v) is 1.83. The van der Waals surface area contributed by atoms with Crippen molar-refractivity contribution in [2.75, 3.05) is 13.6 Å². The van der Waals surface area contributed by atoms with E-state index in [2.05, 4.69) is 20.8 Å². The van der Waals surface area contributed by atoms with Gasteiger partial charge in [0, 0.05) is 6.54 Å². The van der Waals surface area contributed by atoms with Crippen molar-refractivity contribution in [3.8, 4) is 0 Å². The van der Waals surface area contributed by atoms with Gasteiger partial charge in [0.15, 0.2) is 0 Å². The van der Waals surface area contributed by atoms with Gasteiger partial charge in [0.05, 0.1) is 5.70 Å². The van der Waals surface area contributed by atoms with E-state index in [0.29, 0.717) is 11.9 Å². The summed E-state index contributed by atoms with van der Waals surface area (Å²) in [6, 6.07) is 0.298. The molecule has 0 unspecified atom stereocenters. The van der Waals surface area contributed by atoms with Crippen LogP contribution in [0.4, 0.5) is 6.01 Å². The molecule has 10 nitrogen and oxygen atoms in total. The van der Waals surface area contributed by atoms with E-state index < -0.39 is 11.9 Å². The molecule has 0 aromatic carbocycles. The van der Waals surface area contributed by atoms with E-state index in [-0.39, 0.29) is 22.5 Å². The number of carboxylic acids is 2.